The molecule has 0 bridgehead atoms. The molecular weight excluding hydrogens is 252 g/mol. The summed E-state index contributed by atoms with van der Waals surface area (Å²) >= 11 is 6.55. The maximum absolute atomic E-state index is 6.55. The lowest BCUT2D eigenvalue weighted by Crippen LogP contribution is -1.95. The molecule has 0 amide bonds. The lowest BCUT2D eigenvalue weighted by atomic mass is 9.98. The van der Waals surface area contributed by atoms with Crippen molar-refractivity contribution >= 4 is 11.6 Å². The van der Waals surface area contributed by atoms with Gasteiger partial charge in [-0.05, 0) is 31.4 Å². The van der Waals surface area contributed by atoms with Crippen LogP contribution in [0.2, 0.25) is 0 Å². The van der Waals surface area contributed by atoms with Crippen LogP contribution in [0.25, 0.3) is 0 Å². The zero-order valence-electron chi connectivity index (χ0n) is 12.8. The summed E-state index contributed by atoms with van der Waals surface area (Å²) in [6.45, 7) is 6.57. The molecular formula is C18H29Cl. The fourth-order valence-corrected chi connectivity index (χ4v) is 2.92. The van der Waals surface area contributed by atoms with Gasteiger partial charge in [-0.1, -0.05) is 75.6 Å². The van der Waals surface area contributed by atoms with Gasteiger partial charge in [-0.15, -0.1) is 11.6 Å². The average molecular weight is 281 g/mol. The Morgan fingerprint density at radius 1 is 0.947 bits per heavy atom. The number of unbranched alkanes of at least 4 members (excludes halogenated alkanes) is 6. The highest BCUT2D eigenvalue weighted by atomic mass is 35.5. The van der Waals surface area contributed by atoms with Crippen LogP contribution in [0.1, 0.15) is 80.4 Å². The minimum Gasteiger partial charge on any atom is -0.118 e. The first-order valence-electron chi connectivity index (χ1n) is 7.86. The maximum Gasteiger partial charge on any atom is 0.0587 e. The van der Waals surface area contributed by atoms with Gasteiger partial charge < -0.3 is 0 Å². The Balaban J connectivity index is 2.23. The highest BCUT2D eigenvalue weighted by molar-refractivity contribution is 6.20. The molecule has 1 aromatic carbocycles. The molecule has 0 aliphatic carbocycles. The lowest BCUT2D eigenvalue weighted by Gasteiger charge is -2.13. The molecule has 19 heavy (non-hydrogen) atoms. The molecule has 0 fully saturated rings. The van der Waals surface area contributed by atoms with Crippen molar-refractivity contribution in [1.82, 2.24) is 0 Å². The molecule has 0 N–H and O–H groups in total. The van der Waals surface area contributed by atoms with Crippen LogP contribution in [0.15, 0.2) is 18.2 Å². The van der Waals surface area contributed by atoms with E-state index >= 15 is 0 Å². The molecule has 1 aromatic rings. The van der Waals surface area contributed by atoms with Gasteiger partial charge in [0.25, 0.3) is 0 Å². The molecule has 1 atom stereocenters. The Bertz CT molecular complexity index is 357. The van der Waals surface area contributed by atoms with E-state index in [9.17, 15) is 0 Å². The summed E-state index contributed by atoms with van der Waals surface area (Å²) in [6, 6.07) is 6.59. The van der Waals surface area contributed by atoms with Crippen LogP contribution in [-0.2, 0) is 0 Å². The van der Waals surface area contributed by atoms with Gasteiger partial charge in [0.15, 0.2) is 0 Å². The minimum absolute atomic E-state index is 0.190. The lowest BCUT2D eigenvalue weighted by molar-refractivity contribution is 0.571. The maximum atomic E-state index is 6.55. The topological polar surface area (TPSA) is 0 Å². The van der Waals surface area contributed by atoms with Crippen LogP contribution in [-0.4, -0.2) is 0 Å². The number of hydrogen-bond acceptors (Lipinski definition) is 0. The molecule has 0 spiro atoms. The third kappa shape index (κ3) is 6.47. The van der Waals surface area contributed by atoms with Gasteiger partial charge >= 0.3 is 0 Å². The molecule has 0 aliphatic heterocycles. The van der Waals surface area contributed by atoms with E-state index < -0.39 is 0 Å². The summed E-state index contributed by atoms with van der Waals surface area (Å²) in [5.41, 5.74) is 3.96. The number of alkyl halides is 1. The van der Waals surface area contributed by atoms with Crippen LogP contribution in [0.5, 0.6) is 0 Å². The SMILES string of the molecule is CCCCCCCCCC(Cl)c1cc(C)ccc1C. The Labute approximate surface area is 124 Å². The standard InChI is InChI=1S/C18H29Cl/c1-4-5-6-7-8-9-10-11-18(19)17-14-15(2)12-13-16(17)3/h12-14,18H,4-11H2,1-3H3. The van der Waals surface area contributed by atoms with E-state index in [0.717, 1.165) is 6.42 Å². The summed E-state index contributed by atoms with van der Waals surface area (Å²) < 4.78 is 0. The number of rotatable bonds is 9. The van der Waals surface area contributed by atoms with E-state index in [4.69, 9.17) is 11.6 Å². The molecule has 0 nitrogen and oxygen atoms in total. The number of benzene rings is 1. The van der Waals surface area contributed by atoms with Crippen molar-refractivity contribution in [3.8, 4) is 0 Å². The molecule has 0 aliphatic rings. The monoisotopic (exact) mass is 280 g/mol. The van der Waals surface area contributed by atoms with Crippen LogP contribution < -0.4 is 0 Å². The zero-order chi connectivity index (χ0) is 14.1. The summed E-state index contributed by atoms with van der Waals surface area (Å²) in [5.74, 6) is 0. The molecule has 1 heteroatoms. The highest BCUT2D eigenvalue weighted by Gasteiger charge is 2.10. The summed E-state index contributed by atoms with van der Waals surface area (Å²) in [5, 5.41) is 0.190. The van der Waals surface area contributed by atoms with Crippen molar-refractivity contribution in [3.05, 3.63) is 34.9 Å². The van der Waals surface area contributed by atoms with Gasteiger partial charge in [0.05, 0.1) is 5.38 Å². The molecule has 0 aromatic heterocycles. The number of aryl methyl sites for hydroxylation is 2. The Kier molecular flexibility index (Phi) is 8.21. The first kappa shape index (κ1) is 16.6. The van der Waals surface area contributed by atoms with E-state index in [1.165, 1.54) is 61.6 Å². The van der Waals surface area contributed by atoms with Gasteiger partial charge in [0.1, 0.15) is 0 Å². The molecule has 0 radical (unpaired) electrons. The zero-order valence-corrected chi connectivity index (χ0v) is 13.6. The van der Waals surface area contributed by atoms with Gasteiger partial charge in [-0.2, -0.15) is 0 Å². The minimum atomic E-state index is 0.190. The predicted octanol–water partition coefficient (Wildman–Crippen LogP) is 6.72. The van der Waals surface area contributed by atoms with E-state index in [0.29, 0.717) is 0 Å². The number of hydrogen-bond donors (Lipinski definition) is 0. The second kappa shape index (κ2) is 9.42. The highest BCUT2D eigenvalue weighted by Crippen LogP contribution is 2.29. The van der Waals surface area contributed by atoms with Crippen LogP contribution in [0, 0.1) is 13.8 Å². The van der Waals surface area contributed by atoms with E-state index in [1.54, 1.807) is 0 Å². The van der Waals surface area contributed by atoms with Gasteiger partial charge in [0, 0.05) is 0 Å². The van der Waals surface area contributed by atoms with Crippen LogP contribution in [0.4, 0.5) is 0 Å². The normalized spacial score (nSPS) is 12.6. The van der Waals surface area contributed by atoms with E-state index in [1.807, 2.05) is 0 Å². The summed E-state index contributed by atoms with van der Waals surface area (Å²) in [6.07, 6.45) is 10.6. The molecule has 0 saturated carbocycles. The fraction of sp³-hybridized carbons (Fsp3) is 0.667. The van der Waals surface area contributed by atoms with Crippen LogP contribution in [0.3, 0.4) is 0 Å². The van der Waals surface area contributed by atoms with Gasteiger partial charge in [0.2, 0.25) is 0 Å². The predicted molar refractivity (Wildman–Crippen MR) is 87.1 cm³/mol. The summed E-state index contributed by atoms with van der Waals surface area (Å²) in [4.78, 5) is 0. The summed E-state index contributed by atoms with van der Waals surface area (Å²) in [7, 11) is 0. The van der Waals surface area contributed by atoms with Gasteiger partial charge in [-0.25, -0.2) is 0 Å². The van der Waals surface area contributed by atoms with Crippen molar-refractivity contribution in [1.29, 1.82) is 0 Å². The van der Waals surface area contributed by atoms with Crippen LogP contribution >= 0.6 is 11.6 Å². The quantitative estimate of drug-likeness (QED) is 0.348. The first-order valence-corrected chi connectivity index (χ1v) is 8.30. The molecule has 0 saturated heterocycles. The van der Waals surface area contributed by atoms with Gasteiger partial charge in [-0.3, -0.25) is 0 Å². The Morgan fingerprint density at radius 3 is 2.26 bits per heavy atom. The first-order chi connectivity index (χ1) is 9.15. The largest absolute Gasteiger partial charge is 0.118 e. The second-order valence-corrected chi connectivity index (χ2v) is 6.26. The Hall–Kier alpha value is -0.490. The molecule has 1 rings (SSSR count). The van der Waals surface area contributed by atoms with Crippen molar-refractivity contribution in [2.45, 2.75) is 77.5 Å². The van der Waals surface area contributed by atoms with E-state index in [-0.39, 0.29) is 5.38 Å². The van der Waals surface area contributed by atoms with Crippen molar-refractivity contribution in [2.24, 2.45) is 0 Å². The fourth-order valence-electron chi connectivity index (χ4n) is 2.53. The third-order valence-corrected chi connectivity index (χ3v) is 4.29. The average Bonchev–Trinajstić information content (AvgIpc) is 2.40. The third-order valence-electron chi connectivity index (χ3n) is 3.83. The second-order valence-electron chi connectivity index (χ2n) is 5.74. The van der Waals surface area contributed by atoms with Crippen molar-refractivity contribution in [2.75, 3.05) is 0 Å². The molecule has 1 unspecified atom stereocenters. The van der Waals surface area contributed by atoms with Crippen molar-refractivity contribution in [3.63, 3.8) is 0 Å². The Morgan fingerprint density at radius 2 is 1.58 bits per heavy atom. The van der Waals surface area contributed by atoms with Crippen molar-refractivity contribution < 1.29 is 0 Å². The molecule has 108 valence electrons. The van der Waals surface area contributed by atoms with E-state index in [2.05, 4.69) is 39.0 Å². The molecule has 0 heterocycles. The number of halogens is 1. The smallest absolute Gasteiger partial charge is 0.0587 e.